The Kier molecular flexibility index (Phi) is 3.44. The normalized spacial score (nSPS) is 18.0. The summed E-state index contributed by atoms with van der Waals surface area (Å²) in [6, 6.07) is 19.5. The van der Waals surface area contributed by atoms with Crippen LogP contribution in [0.5, 0.6) is 0 Å². The Morgan fingerprint density at radius 2 is 1.76 bits per heavy atom. The molecular formula is C15H14S2. The molecule has 0 nitrogen and oxygen atoms in total. The van der Waals surface area contributed by atoms with Gasteiger partial charge in [0.05, 0.1) is 0 Å². The van der Waals surface area contributed by atoms with E-state index in [1.807, 2.05) is 23.5 Å². The van der Waals surface area contributed by atoms with Crippen LogP contribution in [-0.4, -0.2) is 11.5 Å². The SMILES string of the molecule is c1ccc(SCC2CSc3ccccc32)cc1. The van der Waals surface area contributed by atoms with Crippen molar-refractivity contribution in [2.45, 2.75) is 15.7 Å². The van der Waals surface area contributed by atoms with Crippen molar-refractivity contribution >= 4 is 23.5 Å². The Hall–Kier alpha value is -0.860. The number of rotatable bonds is 3. The molecule has 0 amide bonds. The molecule has 0 fully saturated rings. The molecular weight excluding hydrogens is 244 g/mol. The molecule has 0 saturated carbocycles. The number of hydrogen-bond acceptors (Lipinski definition) is 2. The van der Waals surface area contributed by atoms with Crippen molar-refractivity contribution in [3.05, 3.63) is 60.2 Å². The Morgan fingerprint density at radius 3 is 2.65 bits per heavy atom. The maximum Gasteiger partial charge on any atom is 0.0108 e. The molecule has 86 valence electrons. The van der Waals surface area contributed by atoms with Crippen LogP contribution in [0, 0.1) is 0 Å². The van der Waals surface area contributed by atoms with Crippen LogP contribution >= 0.6 is 23.5 Å². The number of thioether (sulfide) groups is 2. The van der Waals surface area contributed by atoms with Crippen LogP contribution in [0.15, 0.2) is 64.4 Å². The molecule has 0 aromatic heterocycles. The summed E-state index contributed by atoms with van der Waals surface area (Å²) < 4.78 is 0. The monoisotopic (exact) mass is 258 g/mol. The van der Waals surface area contributed by atoms with Gasteiger partial charge in [0.1, 0.15) is 0 Å². The molecule has 1 heterocycles. The first-order valence-corrected chi connectivity index (χ1v) is 7.80. The van der Waals surface area contributed by atoms with Crippen molar-refractivity contribution in [1.82, 2.24) is 0 Å². The summed E-state index contributed by atoms with van der Waals surface area (Å²) in [4.78, 5) is 2.85. The van der Waals surface area contributed by atoms with Crippen LogP contribution in [0.1, 0.15) is 11.5 Å². The summed E-state index contributed by atoms with van der Waals surface area (Å²) in [6.07, 6.45) is 0. The fourth-order valence-electron chi connectivity index (χ4n) is 2.08. The van der Waals surface area contributed by atoms with Crippen LogP contribution in [0.4, 0.5) is 0 Å². The maximum atomic E-state index is 2.28. The van der Waals surface area contributed by atoms with Crippen molar-refractivity contribution < 1.29 is 0 Å². The third kappa shape index (κ3) is 2.53. The van der Waals surface area contributed by atoms with Gasteiger partial charge in [0.2, 0.25) is 0 Å². The molecule has 2 aromatic rings. The lowest BCUT2D eigenvalue weighted by Crippen LogP contribution is -1.99. The van der Waals surface area contributed by atoms with Gasteiger partial charge >= 0.3 is 0 Å². The molecule has 1 aliphatic rings. The summed E-state index contributed by atoms with van der Waals surface area (Å²) in [5, 5.41) is 0. The van der Waals surface area contributed by atoms with Gasteiger partial charge < -0.3 is 0 Å². The van der Waals surface area contributed by atoms with Gasteiger partial charge in [-0.05, 0) is 23.8 Å². The van der Waals surface area contributed by atoms with Crippen LogP contribution < -0.4 is 0 Å². The van der Waals surface area contributed by atoms with Crippen molar-refractivity contribution in [2.75, 3.05) is 11.5 Å². The third-order valence-corrected chi connectivity index (χ3v) is 5.42. The van der Waals surface area contributed by atoms with Crippen LogP contribution in [0.3, 0.4) is 0 Å². The fraction of sp³-hybridized carbons (Fsp3) is 0.200. The first-order valence-electron chi connectivity index (χ1n) is 5.83. The van der Waals surface area contributed by atoms with E-state index >= 15 is 0 Å². The van der Waals surface area contributed by atoms with E-state index in [0.717, 1.165) is 0 Å². The van der Waals surface area contributed by atoms with E-state index < -0.39 is 0 Å². The zero-order chi connectivity index (χ0) is 11.5. The summed E-state index contributed by atoms with van der Waals surface area (Å²) in [5.74, 6) is 3.13. The Morgan fingerprint density at radius 1 is 1.00 bits per heavy atom. The van der Waals surface area contributed by atoms with Crippen LogP contribution in [-0.2, 0) is 0 Å². The minimum Gasteiger partial charge on any atom is -0.126 e. The van der Waals surface area contributed by atoms with Crippen molar-refractivity contribution in [3.63, 3.8) is 0 Å². The van der Waals surface area contributed by atoms with Gasteiger partial charge in [-0.3, -0.25) is 0 Å². The van der Waals surface area contributed by atoms with E-state index in [1.165, 1.54) is 21.3 Å². The Balaban J connectivity index is 1.68. The predicted octanol–water partition coefficient (Wildman–Crippen LogP) is 4.67. The smallest absolute Gasteiger partial charge is 0.0108 e. The molecule has 0 aliphatic carbocycles. The van der Waals surface area contributed by atoms with Gasteiger partial charge in [-0.2, -0.15) is 0 Å². The molecule has 3 rings (SSSR count). The van der Waals surface area contributed by atoms with Gasteiger partial charge in [0.15, 0.2) is 0 Å². The molecule has 1 atom stereocenters. The lowest BCUT2D eigenvalue weighted by atomic mass is 10.0. The Bertz CT molecular complexity index is 493. The van der Waals surface area contributed by atoms with Gasteiger partial charge in [-0.1, -0.05) is 36.4 Å². The average molecular weight is 258 g/mol. The number of fused-ring (bicyclic) bond motifs is 1. The van der Waals surface area contributed by atoms with Crippen LogP contribution in [0.25, 0.3) is 0 Å². The van der Waals surface area contributed by atoms with Crippen molar-refractivity contribution in [2.24, 2.45) is 0 Å². The zero-order valence-corrected chi connectivity index (χ0v) is 11.1. The van der Waals surface area contributed by atoms with E-state index in [-0.39, 0.29) is 0 Å². The molecule has 1 aliphatic heterocycles. The molecule has 2 aromatic carbocycles. The molecule has 0 N–H and O–H groups in total. The highest BCUT2D eigenvalue weighted by Gasteiger charge is 2.22. The highest BCUT2D eigenvalue weighted by Crippen LogP contribution is 2.41. The first kappa shape index (κ1) is 11.2. The van der Waals surface area contributed by atoms with E-state index in [9.17, 15) is 0 Å². The first-order chi connectivity index (χ1) is 8.43. The summed E-state index contributed by atoms with van der Waals surface area (Å²) in [5.41, 5.74) is 1.54. The van der Waals surface area contributed by atoms with Gasteiger partial charge in [0.25, 0.3) is 0 Å². The minimum atomic E-state index is 0.710. The molecule has 0 spiro atoms. The summed E-state index contributed by atoms with van der Waals surface area (Å²) in [6.45, 7) is 0. The standard InChI is InChI=1S/C15H14S2/c1-2-6-13(7-3-1)16-10-12-11-17-15-9-5-4-8-14(12)15/h1-9,12H,10-11H2. The lowest BCUT2D eigenvalue weighted by molar-refractivity contribution is 0.896. The zero-order valence-electron chi connectivity index (χ0n) is 9.50. The molecule has 0 saturated heterocycles. The summed E-state index contributed by atoms with van der Waals surface area (Å²) >= 11 is 3.97. The number of benzene rings is 2. The third-order valence-electron chi connectivity index (χ3n) is 2.99. The second kappa shape index (κ2) is 5.19. The number of hydrogen-bond donors (Lipinski definition) is 0. The van der Waals surface area contributed by atoms with E-state index in [2.05, 4.69) is 54.6 Å². The second-order valence-electron chi connectivity index (χ2n) is 4.17. The largest absolute Gasteiger partial charge is 0.126 e. The molecule has 0 radical (unpaired) electrons. The summed E-state index contributed by atoms with van der Waals surface area (Å²) in [7, 11) is 0. The maximum absolute atomic E-state index is 2.28. The Labute approximate surface area is 111 Å². The van der Waals surface area contributed by atoms with E-state index in [1.54, 1.807) is 5.56 Å². The van der Waals surface area contributed by atoms with Gasteiger partial charge in [-0.15, -0.1) is 23.5 Å². The lowest BCUT2D eigenvalue weighted by Gasteiger charge is -2.09. The molecule has 17 heavy (non-hydrogen) atoms. The van der Waals surface area contributed by atoms with E-state index in [0.29, 0.717) is 5.92 Å². The topological polar surface area (TPSA) is 0 Å². The van der Waals surface area contributed by atoms with Crippen LogP contribution in [0.2, 0.25) is 0 Å². The van der Waals surface area contributed by atoms with Gasteiger partial charge in [-0.25, -0.2) is 0 Å². The molecule has 0 bridgehead atoms. The average Bonchev–Trinajstić information content (AvgIpc) is 2.81. The molecule has 1 unspecified atom stereocenters. The predicted molar refractivity (Wildman–Crippen MR) is 77.1 cm³/mol. The highest BCUT2D eigenvalue weighted by atomic mass is 32.2. The highest BCUT2D eigenvalue weighted by molar-refractivity contribution is 8.00. The van der Waals surface area contributed by atoms with E-state index in [4.69, 9.17) is 0 Å². The minimum absolute atomic E-state index is 0.710. The van der Waals surface area contributed by atoms with Crippen molar-refractivity contribution in [3.8, 4) is 0 Å². The quantitative estimate of drug-likeness (QED) is 0.734. The molecule has 2 heteroatoms. The second-order valence-corrected chi connectivity index (χ2v) is 6.33. The van der Waals surface area contributed by atoms with Gasteiger partial charge in [0, 0.05) is 27.2 Å². The fourth-order valence-corrected chi connectivity index (χ4v) is 4.52. The van der Waals surface area contributed by atoms with Crippen molar-refractivity contribution in [1.29, 1.82) is 0 Å².